The van der Waals surface area contributed by atoms with Crippen molar-refractivity contribution in [2.45, 2.75) is 6.92 Å². The summed E-state index contributed by atoms with van der Waals surface area (Å²) in [5.41, 5.74) is 5.43. The van der Waals surface area contributed by atoms with E-state index in [-0.39, 0.29) is 12.3 Å². The normalized spacial score (nSPS) is 15.2. The molecule has 7 heteroatoms. The number of hydrazone groups is 1. The summed E-state index contributed by atoms with van der Waals surface area (Å²) in [5, 5.41) is 5.03. The standard InChI is InChI=1S/C22H24ClN3O3/c1-2-29-22(27)21(25-24-19-10-8-18(23)9-11-19)20(17-6-4-3-5-7-17)16-26-12-14-28-15-13-26/h3-11,16,24H,2,12-15H2,1H3. The van der Waals surface area contributed by atoms with E-state index < -0.39 is 5.97 Å². The number of halogens is 1. The predicted molar refractivity (Wildman–Crippen MR) is 116 cm³/mol. The lowest BCUT2D eigenvalue weighted by molar-refractivity contribution is -0.134. The van der Waals surface area contributed by atoms with Gasteiger partial charge in [0, 0.05) is 29.9 Å². The zero-order valence-electron chi connectivity index (χ0n) is 16.3. The van der Waals surface area contributed by atoms with E-state index in [9.17, 15) is 4.79 Å². The summed E-state index contributed by atoms with van der Waals surface area (Å²) in [6, 6.07) is 16.8. The molecule has 1 saturated heterocycles. The lowest BCUT2D eigenvalue weighted by atomic mass is 10.0. The molecule has 0 aromatic heterocycles. The van der Waals surface area contributed by atoms with Crippen LogP contribution in [0.2, 0.25) is 5.02 Å². The van der Waals surface area contributed by atoms with Crippen LogP contribution in [0.15, 0.2) is 65.9 Å². The molecule has 0 unspecified atom stereocenters. The average molecular weight is 414 g/mol. The van der Waals surface area contributed by atoms with Gasteiger partial charge in [-0.25, -0.2) is 4.79 Å². The second-order valence-electron chi connectivity index (χ2n) is 6.36. The largest absolute Gasteiger partial charge is 0.461 e. The number of ether oxygens (including phenoxy) is 2. The topological polar surface area (TPSA) is 63.2 Å². The summed E-state index contributed by atoms with van der Waals surface area (Å²) < 4.78 is 10.7. The number of carbonyl (C=O) groups is 1. The number of rotatable bonds is 7. The molecule has 0 saturated carbocycles. The van der Waals surface area contributed by atoms with E-state index in [0.717, 1.165) is 24.3 Å². The molecule has 1 aliphatic heterocycles. The maximum absolute atomic E-state index is 12.8. The van der Waals surface area contributed by atoms with Crippen LogP contribution in [0.3, 0.4) is 0 Å². The Morgan fingerprint density at radius 3 is 2.52 bits per heavy atom. The molecule has 0 amide bonds. The van der Waals surface area contributed by atoms with E-state index in [1.54, 1.807) is 31.2 Å². The third kappa shape index (κ3) is 6.07. The van der Waals surface area contributed by atoms with Crippen molar-refractivity contribution in [1.29, 1.82) is 0 Å². The average Bonchev–Trinajstić information content (AvgIpc) is 2.76. The molecule has 152 valence electrons. The SMILES string of the molecule is CCOC(=O)C(=NNc1ccc(Cl)cc1)C(=CN1CCOCC1)c1ccccc1. The van der Waals surface area contributed by atoms with Crippen LogP contribution < -0.4 is 5.43 Å². The number of carbonyl (C=O) groups excluding carboxylic acids is 1. The van der Waals surface area contributed by atoms with E-state index in [1.165, 1.54) is 0 Å². The van der Waals surface area contributed by atoms with Crippen LogP contribution in [0.4, 0.5) is 5.69 Å². The van der Waals surface area contributed by atoms with Gasteiger partial charge in [0.2, 0.25) is 0 Å². The van der Waals surface area contributed by atoms with E-state index in [0.29, 0.717) is 23.8 Å². The Bertz CT molecular complexity index is 861. The number of anilines is 1. The number of benzene rings is 2. The fourth-order valence-electron chi connectivity index (χ4n) is 2.84. The van der Waals surface area contributed by atoms with Crippen molar-refractivity contribution in [3.8, 4) is 0 Å². The maximum atomic E-state index is 12.8. The Kier molecular flexibility index (Phi) is 7.67. The third-order valence-electron chi connectivity index (χ3n) is 4.31. The molecule has 0 spiro atoms. The van der Waals surface area contributed by atoms with E-state index in [1.807, 2.05) is 36.5 Å². The third-order valence-corrected chi connectivity index (χ3v) is 4.56. The van der Waals surface area contributed by atoms with Gasteiger partial charge in [0.15, 0.2) is 5.71 Å². The molecule has 0 atom stereocenters. The fourth-order valence-corrected chi connectivity index (χ4v) is 2.97. The number of esters is 1. The zero-order valence-corrected chi connectivity index (χ0v) is 17.1. The molecule has 1 heterocycles. The Balaban J connectivity index is 1.99. The first-order chi connectivity index (χ1) is 14.2. The Labute approximate surface area is 175 Å². The second-order valence-corrected chi connectivity index (χ2v) is 6.79. The number of hydrogen-bond donors (Lipinski definition) is 1. The van der Waals surface area contributed by atoms with Gasteiger partial charge in [-0.1, -0.05) is 41.9 Å². The molecule has 1 aliphatic rings. The van der Waals surface area contributed by atoms with Gasteiger partial charge in [0.1, 0.15) is 0 Å². The number of nitrogens with zero attached hydrogens (tertiary/aromatic N) is 2. The van der Waals surface area contributed by atoms with Gasteiger partial charge < -0.3 is 14.4 Å². The molecule has 3 rings (SSSR count). The molecule has 2 aromatic carbocycles. The Hall–Kier alpha value is -2.83. The molecule has 1 fully saturated rings. The first-order valence-corrected chi connectivity index (χ1v) is 9.91. The van der Waals surface area contributed by atoms with Gasteiger partial charge >= 0.3 is 5.97 Å². The van der Waals surface area contributed by atoms with Gasteiger partial charge in [-0.2, -0.15) is 5.10 Å². The fraction of sp³-hybridized carbons (Fsp3) is 0.273. The lowest BCUT2D eigenvalue weighted by Gasteiger charge is -2.26. The van der Waals surface area contributed by atoms with Gasteiger partial charge in [-0.05, 0) is 36.8 Å². The molecule has 0 bridgehead atoms. The molecule has 0 aliphatic carbocycles. The summed E-state index contributed by atoms with van der Waals surface area (Å²) in [6.45, 7) is 4.82. The molecule has 1 N–H and O–H groups in total. The highest BCUT2D eigenvalue weighted by Crippen LogP contribution is 2.20. The molecule has 0 radical (unpaired) electrons. The van der Waals surface area contributed by atoms with Gasteiger partial charge in [-0.15, -0.1) is 0 Å². The van der Waals surface area contributed by atoms with Gasteiger partial charge in [0.25, 0.3) is 0 Å². The van der Waals surface area contributed by atoms with Crippen LogP contribution in [0.5, 0.6) is 0 Å². The zero-order chi connectivity index (χ0) is 20.5. The summed E-state index contributed by atoms with van der Waals surface area (Å²) >= 11 is 5.94. The first-order valence-electron chi connectivity index (χ1n) is 9.53. The molecule has 6 nitrogen and oxygen atoms in total. The highest BCUT2D eigenvalue weighted by Gasteiger charge is 2.22. The monoisotopic (exact) mass is 413 g/mol. The van der Waals surface area contributed by atoms with Crippen molar-refractivity contribution in [2.24, 2.45) is 5.10 Å². The van der Waals surface area contributed by atoms with Crippen molar-refractivity contribution in [3.63, 3.8) is 0 Å². The number of hydrogen-bond acceptors (Lipinski definition) is 6. The van der Waals surface area contributed by atoms with E-state index in [2.05, 4.69) is 15.4 Å². The Morgan fingerprint density at radius 2 is 1.86 bits per heavy atom. The van der Waals surface area contributed by atoms with Crippen molar-refractivity contribution >= 4 is 34.5 Å². The van der Waals surface area contributed by atoms with Crippen LogP contribution in [-0.4, -0.2) is 49.5 Å². The van der Waals surface area contributed by atoms with Crippen LogP contribution in [0, 0.1) is 0 Å². The van der Waals surface area contributed by atoms with Crippen molar-refractivity contribution in [3.05, 3.63) is 71.4 Å². The predicted octanol–water partition coefficient (Wildman–Crippen LogP) is 4.04. The van der Waals surface area contributed by atoms with Crippen LogP contribution >= 0.6 is 11.6 Å². The molecular formula is C22H24ClN3O3. The van der Waals surface area contributed by atoms with E-state index >= 15 is 0 Å². The quantitative estimate of drug-likeness (QED) is 0.421. The summed E-state index contributed by atoms with van der Waals surface area (Å²) in [4.78, 5) is 14.9. The minimum atomic E-state index is -0.489. The summed E-state index contributed by atoms with van der Waals surface area (Å²) in [7, 11) is 0. The van der Waals surface area contributed by atoms with Gasteiger partial charge in [0.05, 0.1) is 25.5 Å². The van der Waals surface area contributed by atoms with Crippen LogP contribution in [0.1, 0.15) is 12.5 Å². The van der Waals surface area contributed by atoms with Crippen molar-refractivity contribution < 1.29 is 14.3 Å². The smallest absolute Gasteiger partial charge is 0.359 e. The van der Waals surface area contributed by atoms with Crippen LogP contribution in [0.25, 0.3) is 5.57 Å². The lowest BCUT2D eigenvalue weighted by Crippen LogP contribution is -2.33. The van der Waals surface area contributed by atoms with Crippen molar-refractivity contribution in [1.82, 2.24) is 4.90 Å². The minimum absolute atomic E-state index is 0.208. The molecular weight excluding hydrogens is 390 g/mol. The second kappa shape index (κ2) is 10.6. The number of nitrogens with one attached hydrogen (secondary N) is 1. The van der Waals surface area contributed by atoms with Crippen molar-refractivity contribution in [2.75, 3.05) is 38.3 Å². The molecule has 29 heavy (non-hydrogen) atoms. The molecule has 2 aromatic rings. The maximum Gasteiger partial charge on any atom is 0.359 e. The van der Waals surface area contributed by atoms with Gasteiger partial charge in [-0.3, -0.25) is 5.43 Å². The number of morpholine rings is 1. The highest BCUT2D eigenvalue weighted by atomic mass is 35.5. The van der Waals surface area contributed by atoms with E-state index in [4.69, 9.17) is 21.1 Å². The van der Waals surface area contributed by atoms with Crippen LogP contribution in [-0.2, 0) is 14.3 Å². The summed E-state index contributed by atoms with van der Waals surface area (Å²) in [5.74, 6) is -0.489. The highest BCUT2D eigenvalue weighted by molar-refractivity contribution is 6.54. The first kappa shape index (κ1) is 20.9. The Morgan fingerprint density at radius 1 is 1.17 bits per heavy atom. The minimum Gasteiger partial charge on any atom is -0.461 e. The summed E-state index contributed by atoms with van der Waals surface area (Å²) in [6.07, 6.45) is 1.96.